The molecular formula is C11H5ClO2S2. The molecule has 0 N–H and O–H groups in total. The quantitative estimate of drug-likeness (QED) is 0.674. The third-order valence-electron chi connectivity index (χ3n) is 2.23. The molecule has 80 valence electrons. The first kappa shape index (κ1) is 10.3. The van der Waals surface area contributed by atoms with Crippen LogP contribution in [0.3, 0.4) is 0 Å². The van der Waals surface area contributed by atoms with Crippen LogP contribution in [0.25, 0.3) is 17.0 Å². The van der Waals surface area contributed by atoms with Crippen LogP contribution in [0.4, 0.5) is 0 Å². The van der Waals surface area contributed by atoms with Gasteiger partial charge in [-0.2, -0.15) is 0 Å². The van der Waals surface area contributed by atoms with Gasteiger partial charge in [0.2, 0.25) is 5.43 Å². The van der Waals surface area contributed by atoms with E-state index in [1.165, 1.54) is 21.6 Å². The fourth-order valence-corrected chi connectivity index (χ4v) is 3.70. The molecule has 5 heteroatoms. The Bertz CT molecular complexity index is 661. The highest BCUT2D eigenvalue weighted by Crippen LogP contribution is 2.45. The predicted octanol–water partition coefficient (Wildman–Crippen LogP) is 4.08. The number of para-hydroxylation sites is 1. The molecule has 1 aromatic heterocycles. The van der Waals surface area contributed by atoms with Crippen LogP contribution in [0.5, 0.6) is 0 Å². The molecule has 16 heavy (non-hydrogen) atoms. The Balaban J connectivity index is 2.43. The van der Waals surface area contributed by atoms with E-state index in [-0.39, 0.29) is 5.43 Å². The average molecular weight is 269 g/mol. The third-order valence-corrected chi connectivity index (χ3v) is 5.05. The van der Waals surface area contributed by atoms with Crippen LogP contribution in [0.15, 0.2) is 42.7 Å². The molecule has 0 saturated heterocycles. The molecule has 0 aliphatic carbocycles. The topological polar surface area (TPSA) is 30.2 Å². The molecule has 0 bridgehead atoms. The summed E-state index contributed by atoms with van der Waals surface area (Å²) in [5, 5.41) is 0.612. The van der Waals surface area contributed by atoms with Crippen LogP contribution in [0, 0.1) is 0 Å². The molecule has 0 saturated carbocycles. The van der Waals surface area contributed by atoms with E-state index in [9.17, 15) is 4.79 Å². The summed E-state index contributed by atoms with van der Waals surface area (Å²) in [5.41, 5.74) is 0.606. The maximum absolute atomic E-state index is 12.1. The molecule has 0 unspecified atom stereocenters. The molecule has 2 nitrogen and oxygen atoms in total. The van der Waals surface area contributed by atoms with Gasteiger partial charge in [-0.25, -0.2) is 0 Å². The van der Waals surface area contributed by atoms with Gasteiger partial charge in [-0.1, -0.05) is 23.7 Å². The molecule has 0 amide bonds. The van der Waals surface area contributed by atoms with Crippen LogP contribution in [-0.2, 0) is 0 Å². The first-order valence-electron chi connectivity index (χ1n) is 4.53. The van der Waals surface area contributed by atoms with Crippen molar-refractivity contribution >= 4 is 50.2 Å². The predicted molar refractivity (Wildman–Crippen MR) is 69.8 cm³/mol. The van der Waals surface area contributed by atoms with Gasteiger partial charge in [0.05, 0.1) is 9.75 Å². The summed E-state index contributed by atoms with van der Waals surface area (Å²) in [6, 6.07) is 7.22. The zero-order valence-corrected chi connectivity index (χ0v) is 10.3. The smallest absolute Gasteiger partial charge is 0.207 e. The Hall–Kier alpha value is -0.840. The third kappa shape index (κ3) is 1.57. The molecule has 2 heterocycles. The molecule has 2 aromatic rings. The number of rotatable bonds is 0. The van der Waals surface area contributed by atoms with E-state index in [4.69, 9.17) is 16.0 Å². The summed E-state index contributed by atoms with van der Waals surface area (Å²) in [7, 11) is 2.72. The molecule has 1 aliphatic rings. The van der Waals surface area contributed by atoms with Crippen LogP contribution in [0.2, 0.25) is 0 Å². The molecule has 0 spiro atoms. The van der Waals surface area contributed by atoms with Crippen molar-refractivity contribution in [2.45, 2.75) is 4.90 Å². The van der Waals surface area contributed by atoms with E-state index in [0.717, 1.165) is 0 Å². The summed E-state index contributed by atoms with van der Waals surface area (Å²) >= 11 is 5.89. The summed E-state index contributed by atoms with van der Waals surface area (Å²) < 4.78 is 6.26. The SMILES string of the molecule is O=c1c2c(oc3ccccc13)C=C(Cl)SS2. The highest BCUT2D eigenvalue weighted by Gasteiger charge is 2.18. The minimum atomic E-state index is 0.00904. The van der Waals surface area contributed by atoms with Gasteiger partial charge in [0.1, 0.15) is 16.2 Å². The zero-order chi connectivity index (χ0) is 11.1. The van der Waals surface area contributed by atoms with Gasteiger partial charge in [0.15, 0.2) is 0 Å². The summed E-state index contributed by atoms with van der Waals surface area (Å²) in [6.07, 6.45) is 1.69. The van der Waals surface area contributed by atoms with E-state index in [1.54, 1.807) is 18.2 Å². The second kappa shape index (κ2) is 3.87. The Morgan fingerprint density at radius 1 is 1.19 bits per heavy atom. The fourth-order valence-electron chi connectivity index (χ4n) is 1.52. The van der Waals surface area contributed by atoms with Crippen molar-refractivity contribution in [2.24, 2.45) is 0 Å². The molecule has 0 radical (unpaired) electrons. The monoisotopic (exact) mass is 268 g/mol. The number of hydrogen-bond donors (Lipinski definition) is 0. The number of hydrogen-bond acceptors (Lipinski definition) is 4. The van der Waals surface area contributed by atoms with Crippen molar-refractivity contribution in [1.82, 2.24) is 0 Å². The van der Waals surface area contributed by atoms with Crippen molar-refractivity contribution < 1.29 is 4.42 Å². The molecule has 3 rings (SSSR count). The van der Waals surface area contributed by atoms with Crippen molar-refractivity contribution in [2.75, 3.05) is 0 Å². The van der Waals surface area contributed by atoms with Gasteiger partial charge in [-0.15, -0.1) is 0 Å². The van der Waals surface area contributed by atoms with Crippen molar-refractivity contribution in [3.8, 4) is 0 Å². The van der Waals surface area contributed by atoms with Crippen LogP contribution in [0.1, 0.15) is 5.76 Å². The highest BCUT2D eigenvalue weighted by molar-refractivity contribution is 8.78. The number of fused-ring (bicyclic) bond motifs is 2. The largest absolute Gasteiger partial charge is 0.455 e. The second-order valence-corrected chi connectivity index (χ2v) is 6.05. The first-order valence-corrected chi connectivity index (χ1v) is 7.06. The van der Waals surface area contributed by atoms with Crippen LogP contribution >= 0.6 is 33.2 Å². The maximum Gasteiger partial charge on any atom is 0.207 e. The van der Waals surface area contributed by atoms with Gasteiger partial charge in [0.25, 0.3) is 0 Å². The van der Waals surface area contributed by atoms with Crippen LogP contribution in [-0.4, -0.2) is 0 Å². The second-order valence-electron chi connectivity index (χ2n) is 3.24. The lowest BCUT2D eigenvalue weighted by atomic mass is 10.2. The molecular weight excluding hydrogens is 264 g/mol. The Morgan fingerprint density at radius 2 is 2.00 bits per heavy atom. The van der Waals surface area contributed by atoms with Crippen molar-refractivity contribution in [1.29, 1.82) is 0 Å². The zero-order valence-electron chi connectivity index (χ0n) is 7.90. The lowest BCUT2D eigenvalue weighted by Gasteiger charge is -2.10. The van der Waals surface area contributed by atoms with Crippen molar-refractivity contribution in [3.63, 3.8) is 0 Å². The van der Waals surface area contributed by atoms with E-state index in [2.05, 4.69) is 0 Å². The van der Waals surface area contributed by atoms with Crippen LogP contribution < -0.4 is 5.43 Å². The summed E-state index contributed by atoms with van der Waals surface area (Å²) in [5.74, 6) is 0.553. The summed E-state index contributed by atoms with van der Waals surface area (Å²) in [4.78, 5) is 12.7. The van der Waals surface area contributed by atoms with Gasteiger partial charge in [-0.05, 0) is 33.7 Å². The normalized spacial score (nSPS) is 14.7. The standard InChI is InChI=1S/C11H5ClO2S2/c12-9-5-8-11(16-15-9)10(13)6-3-1-2-4-7(6)14-8/h1-5H. The molecule has 0 atom stereocenters. The Labute approximate surface area is 104 Å². The van der Waals surface area contributed by atoms with Gasteiger partial charge < -0.3 is 4.42 Å². The van der Waals surface area contributed by atoms with Crippen molar-refractivity contribution in [3.05, 3.63) is 44.6 Å². The van der Waals surface area contributed by atoms with E-state index < -0.39 is 0 Å². The molecule has 1 aromatic carbocycles. The van der Waals surface area contributed by atoms with Gasteiger partial charge in [-0.3, -0.25) is 4.79 Å². The average Bonchev–Trinajstić information content (AvgIpc) is 2.29. The Morgan fingerprint density at radius 3 is 2.88 bits per heavy atom. The van der Waals surface area contributed by atoms with Gasteiger partial charge >= 0.3 is 0 Å². The maximum atomic E-state index is 12.1. The highest BCUT2D eigenvalue weighted by atomic mass is 35.5. The number of benzene rings is 1. The van der Waals surface area contributed by atoms with E-state index in [0.29, 0.717) is 26.0 Å². The summed E-state index contributed by atoms with van der Waals surface area (Å²) in [6.45, 7) is 0. The Kier molecular flexibility index (Phi) is 2.50. The van der Waals surface area contributed by atoms with E-state index in [1.807, 2.05) is 12.1 Å². The fraction of sp³-hybridized carbons (Fsp3) is 0. The molecule has 0 fully saturated rings. The minimum absolute atomic E-state index is 0.00904. The molecule has 1 aliphatic heterocycles. The first-order chi connectivity index (χ1) is 7.75. The van der Waals surface area contributed by atoms with Gasteiger partial charge in [0, 0.05) is 6.08 Å². The van der Waals surface area contributed by atoms with E-state index >= 15 is 0 Å². The minimum Gasteiger partial charge on any atom is -0.455 e. The lowest BCUT2D eigenvalue weighted by molar-refractivity contribution is 0.575. The lowest BCUT2D eigenvalue weighted by Crippen LogP contribution is -2.06. The number of halogens is 1.